The molecule has 4 heteroatoms. The standard InChI is InChI=1S/C21H13BrN2O/c22-18-8-4-5-15-16(18)6-3-7-17(15)21-23-19-13-14(9-10-20(19)25-21)24-11-1-2-12-24/h1-13H. The minimum Gasteiger partial charge on any atom is -0.436 e. The first-order valence-electron chi connectivity index (χ1n) is 8.01. The van der Waals surface area contributed by atoms with Gasteiger partial charge in [0.05, 0.1) is 0 Å². The fraction of sp³-hybridized carbons (Fsp3) is 0. The van der Waals surface area contributed by atoms with Crippen molar-refractivity contribution >= 4 is 37.8 Å². The van der Waals surface area contributed by atoms with Gasteiger partial charge in [0.25, 0.3) is 0 Å². The van der Waals surface area contributed by atoms with Crippen molar-refractivity contribution in [3.05, 3.63) is 83.6 Å². The molecule has 3 nitrogen and oxygen atoms in total. The molecule has 2 aromatic heterocycles. The van der Waals surface area contributed by atoms with E-state index in [1.807, 2.05) is 67.0 Å². The molecule has 0 aliphatic carbocycles. The van der Waals surface area contributed by atoms with Gasteiger partial charge < -0.3 is 8.98 Å². The third-order valence-electron chi connectivity index (χ3n) is 4.37. The van der Waals surface area contributed by atoms with Gasteiger partial charge in [-0.1, -0.05) is 40.2 Å². The Morgan fingerprint density at radius 2 is 1.64 bits per heavy atom. The quantitative estimate of drug-likeness (QED) is 0.360. The Kier molecular flexibility index (Phi) is 3.25. The molecule has 120 valence electrons. The molecule has 0 atom stereocenters. The Labute approximate surface area is 152 Å². The van der Waals surface area contributed by atoms with Crippen molar-refractivity contribution in [2.45, 2.75) is 0 Å². The number of hydrogen-bond donors (Lipinski definition) is 0. The highest BCUT2D eigenvalue weighted by Gasteiger charge is 2.12. The molecular weight excluding hydrogens is 376 g/mol. The number of fused-ring (bicyclic) bond motifs is 2. The van der Waals surface area contributed by atoms with E-state index < -0.39 is 0 Å². The number of oxazole rings is 1. The molecule has 0 amide bonds. The van der Waals surface area contributed by atoms with Crippen LogP contribution in [0.4, 0.5) is 0 Å². The van der Waals surface area contributed by atoms with Crippen LogP contribution in [0.3, 0.4) is 0 Å². The van der Waals surface area contributed by atoms with E-state index in [2.05, 4.69) is 32.6 Å². The SMILES string of the molecule is Brc1cccc2c(-c3nc4cc(-n5cccc5)ccc4o3)cccc12. The van der Waals surface area contributed by atoms with Crippen LogP contribution in [0.2, 0.25) is 0 Å². The summed E-state index contributed by atoms with van der Waals surface area (Å²) in [6.07, 6.45) is 4.04. The Balaban J connectivity index is 1.70. The van der Waals surface area contributed by atoms with Crippen LogP contribution < -0.4 is 0 Å². The summed E-state index contributed by atoms with van der Waals surface area (Å²) in [5, 5.41) is 2.27. The summed E-state index contributed by atoms with van der Waals surface area (Å²) in [5.41, 5.74) is 3.71. The zero-order chi connectivity index (χ0) is 16.8. The molecule has 0 unspecified atom stereocenters. The zero-order valence-electron chi connectivity index (χ0n) is 13.2. The van der Waals surface area contributed by atoms with E-state index in [-0.39, 0.29) is 0 Å². The van der Waals surface area contributed by atoms with Crippen molar-refractivity contribution in [3.63, 3.8) is 0 Å². The first-order valence-corrected chi connectivity index (χ1v) is 8.80. The van der Waals surface area contributed by atoms with E-state index in [0.29, 0.717) is 5.89 Å². The van der Waals surface area contributed by atoms with E-state index in [1.54, 1.807) is 0 Å². The van der Waals surface area contributed by atoms with Gasteiger partial charge in [-0.25, -0.2) is 4.98 Å². The van der Waals surface area contributed by atoms with Gasteiger partial charge in [-0.15, -0.1) is 0 Å². The van der Waals surface area contributed by atoms with Crippen molar-refractivity contribution in [2.75, 3.05) is 0 Å². The number of benzene rings is 3. The molecule has 2 heterocycles. The lowest BCUT2D eigenvalue weighted by molar-refractivity contribution is 0.620. The van der Waals surface area contributed by atoms with E-state index >= 15 is 0 Å². The molecule has 5 rings (SSSR count). The lowest BCUT2D eigenvalue weighted by Gasteiger charge is -2.04. The zero-order valence-corrected chi connectivity index (χ0v) is 14.8. The van der Waals surface area contributed by atoms with E-state index in [4.69, 9.17) is 9.40 Å². The topological polar surface area (TPSA) is 31.0 Å². The predicted molar refractivity (Wildman–Crippen MR) is 104 cm³/mol. The maximum Gasteiger partial charge on any atom is 0.227 e. The number of rotatable bonds is 2. The third kappa shape index (κ3) is 2.37. The minimum absolute atomic E-state index is 0.642. The second-order valence-electron chi connectivity index (χ2n) is 5.90. The van der Waals surface area contributed by atoms with E-state index in [9.17, 15) is 0 Å². The van der Waals surface area contributed by atoms with Gasteiger partial charge in [0, 0.05) is 28.1 Å². The normalized spacial score (nSPS) is 11.4. The summed E-state index contributed by atoms with van der Waals surface area (Å²) < 4.78 is 9.16. The predicted octanol–water partition coefficient (Wildman–Crippen LogP) is 6.20. The molecule has 0 saturated heterocycles. The Bertz CT molecular complexity index is 1210. The molecular formula is C21H13BrN2O. The number of nitrogens with zero attached hydrogens (tertiary/aromatic N) is 2. The molecule has 0 fully saturated rings. The molecule has 3 aromatic carbocycles. The van der Waals surface area contributed by atoms with E-state index in [1.165, 1.54) is 0 Å². The summed E-state index contributed by atoms with van der Waals surface area (Å²) >= 11 is 3.62. The first kappa shape index (κ1) is 14.5. The molecule has 0 aliphatic heterocycles. The van der Waals surface area contributed by atoms with Crippen molar-refractivity contribution in [3.8, 4) is 17.1 Å². The molecule has 0 bridgehead atoms. The lowest BCUT2D eigenvalue weighted by atomic mass is 10.0. The molecule has 5 aromatic rings. The fourth-order valence-electron chi connectivity index (χ4n) is 3.16. The maximum atomic E-state index is 6.04. The number of halogens is 1. The van der Waals surface area contributed by atoms with Gasteiger partial charge in [-0.05, 0) is 53.2 Å². The van der Waals surface area contributed by atoms with Crippen molar-refractivity contribution in [2.24, 2.45) is 0 Å². The van der Waals surface area contributed by atoms with Crippen molar-refractivity contribution in [1.29, 1.82) is 0 Å². The Morgan fingerprint density at radius 3 is 2.52 bits per heavy atom. The number of hydrogen-bond acceptors (Lipinski definition) is 2. The summed E-state index contributed by atoms with van der Waals surface area (Å²) in [7, 11) is 0. The molecule has 0 N–H and O–H groups in total. The van der Waals surface area contributed by atoms with Crippen LogP contribution in [0.15, 0.2) is 88.0 Å². The molecule has 0 saturated carbocycles. The van der Waals surface area contributed by atoms with Gasteiger partial charge >= 0.3 is 0 Å². The average Bonchev–Trinajstić information content (AvgIpc) is 3.30. The van der Waals surface area contributed by atoms with Gasteiger partial charge in [0.15, 0.2) is 5.58 Å². The van der Waals surface area contributed by atoms with Crippen LogP contribution in [0.1, 0.15) is 0 Å². The Hall–Kier alpha value is -2.85. The Morgan fingerprint density at radius 1 is 0.840 bits per heavy atom. The fourth-order valence-corrected chi connectivity index (χ4v) is 3.65. The summed E-state index contributed by atoms with van der Waals surface area (Å²) in [6, 6.07) is 22.4. The monoisotopic (exact) mass is 388 g/mol. The molecule has 0 radical (unpaired) electrons. The van der Waals surface area contributed by atoms with Crippen LogP contribution in [0, 0.1) is 0 Å². The largest absolute Gasteiger partial charge is 0.436 e. The highest BCUT2D eigenvalue weighted by Crippen LogP contribution is 2.33. The molecule has 0 spiro atoms. The van der Waals surface area contributed by atoms with Crippen LogP contribution >= 0.6 is 15.9 Å². The lowest BCUT2D eigenvalue weighted by Crippen LogP contribution is -1.88. The minimum atomic E-state index is 0.642. The van der Waals surface area contributed by atoms with Gasteiger partial charge in [-0.2, -0.15) is 0 Å². The van der Waals surface area contributed by atoms with E-state index in [0.717, 1.165) is 37.6 Å². The van der Waals surface area contributed by atoms with Crippen LogP contribution in [0.25, 0.3) is 39.0 Å². The van der Waals surface area contributed by atoms with Gasteiger partial charge in [0.2, 0.25) is 5.89 Å². The average molecular weight is 389 g/mol. The second kappa shape index (κ2) is 5.60. The van der Waals surface area contributed by atoms with Crippen molar-refractivity contribution in [1.82, 2.24) is 9.55 Å². The first-order chi connectivity index (χ1) is 12.3. The van der Waals surface area contributed by atoms with Crippen LogP contribution in [0.5, 0.6) is 0 Å². The van der Waals surface area contributed by atoms with Gasteiger partial charge in [0.1, 0.15) is 5.52 Å². The summed E-state index contributed by atoms with van der Waals surface area (Å²) in [5.74, 6) is 0.642. The highest BCUT2D eigenvalue weighted by atomic mass is 79.9. The highest BCUT2D eigenvalue weighted by molar-refractivity contribution is 9.10. The summed E-state index contributed by atoms with van der Waals surface area (Å²) in [6.45, 7) is 0. The molecule has 25 heavy (non-hydrogen) atoms. The third-order valence-corrected chi connectivity index (χ3v) is 5.06. The van der Waals surface area contributed by atoms with Gasteiger partial charge in [-0.3, -0.25) is 0 Å². The maximum absolute atomic E-state index is 6.04. The number of aromatic nitrogens is 2. The van der Waals surface area contributed by atoms with Crippen molar-refractivity contribution < 1.29 is 4.42 Å². The van der Waals surface area contributed by atoms with Crippen LogP contribution in [-0.4, -0.2) is 9.55 Å². The second-order valence-corrected chi connectivity index (χ2v) is 6.76. The van der Waals surface area contributed by atoms with Crippen LogP contribution in [-0.2, 0) is 0 Å². The molecule has 0 aliphatic rings. The smallest absolute Gasteiger partial charge is 0.227 e. The summed E-state index contributed by atoms with van der Waals surface area (Å²) in [4.78, 5) is 4.74.